The molecule has 2 fully saturated rings. The molecule has 0 spiro atoms. The molecule has 1 unspecified atom stereocenters. The highest BCUT2D eigenvalue weighted by atomic mass is 35.5. The van der Waals surface area contributed by atoms with E-state index in [-0.39, 0.29) is 18.3 Å². The van der Waals surface area contributed by atoms with Crippen LogP contribution in [-0.4, -0.2) is 43.5 Å². The van der Waals surface area contributed by atoms with Gasteiger partial charge in [0.05, 0.1) is 0 Å². The van der Waals surface area contributed by atoms with Crippen LogP contribution in [0.1, 0.15) is 32.6 Å². The maximum Gasteiger partial charge on any atom is 0.217 e. The maximum atomic E-state index is 10.9. The van der Waals surface area contributed by atoms with Gasteiger partial charge in [0, 0.05) is 19.5 Å². The predicted molar refractivity (Wildman–Crippen MR) is 75.8 cm³/mol. The second-order valence-electron chi connectivity index (χ2n) is 6.13. The van der Waals surface area contributed by atoms with Crippen LogP contribution in [0.15, 0.2) is 0 Å². The number of piperidine rings is 1. The van der Waals surface area contributed by atoms with Gasteiger partial charge in [0.2, 0.25) is 5.91 Å². The number of likely N-dealkylation sites (tertiary alicyclic amines) is 1. The Balaban J connectivity index is 0.00000162. The van der Waals surface area contributed by atoms with E-state index in [1.54, 1.807) is 0 Å². The molecular weight excluding hydrogens is 250 g/mol. The summed E-state index contributed by atoms with van der Waals surface area (Å²) in [6.45, 7) is 8.15. The molecule has 1 amide bonds. The molecule has 0 aromatic rings. The van der Waals surface area contributed by atoms with Gasteiger partial charge in [0.1, 0.15) is 0 Å². The maximum absolute atomic E-state index is 10.9. The number of hydrogen-bond acceptors (Lipinski definition) is 3. The summed E-state index contributed by atoms with van der Waals surface area (Å²) in [5.74, 6) is 0.383. The lowest BCUT2D eigenvalue weighted by atomic mass is 9.87. The van der Waals surface area contributed by atoms with Crippen molar-refractivity contribution < 1.29 is 4.79 Å². The number of carbonyl (C=O) groups excluding carboxylic acids is 1. The summed E-state index contributed by atoms with van der Waals surface area (Å²) in [5, 5.41) is 3.45. The number of nitrogens with one attached hydrogen (secondary N) is 1. The molecule has 1 atom stereocenters. The summed E-state index contributed by atoms with van der Waals surface area (Å²) in [6, 6.07) is 0. The largest absolute Gasteiger partial charge is 0.370 e. The van der Waals surface area contributed by atoms with Crippen molar-refractivity contribution >= 4 is 18.3 Å². The van der Waals surface area contributed by atoms with E-state index in [4.69, 9.17) is 5.73 Å². The summed E-state index contributed by atoms with van der Waals surface area (Å²) >= 11 is 0. The number of primary amides is 1. The molecule has 0 saturated carbocycles. The fourth-order valence-corrected chi connectivity index (χ4v) is 3.18. The molecule has 2 rings (SSSR count). The zero-order valence-electron chi connectivity index (χ0n) is 11.3. The van der Waals surface area contributed by atoms with Crippen LogP contribution in [0.4, 0.5) is 0 Å². The van der Waals surface area contributed by atoms with E-state index in [9.17, 15) is 4.79 Å². The van der Waals surface area contributed by atoms with Crippen molar-refractivity contribution in [2.75, 3.05) is 32.7 Å². The van der Waals surface area contributed by atoms with E-state index < -0.39 is 0 Å². The number of carbonyl (C=O) groups is 1. The molecule has 0 radical (unpaired) electrons. The van der Waals surface area contributed by atoms with Crippen LogP contribution in [0.25, 0.3) is 0 Å². The molecule has 18 heavy (non-hydrogen) atoms. The third-order valence-electron chi connectivity index (χ3n) is 4.26. The standard InChI is InChI=1S/C13H25N3O.ClH/c1-13(4-5-15-9-13)10-16-6-2-11(3-7-16)8-12(14)17;/h11,15H,2-10H2,1H3,(H2,14,17);1H. The molecule has 2 heterocycles. The highest BCUT2D eigenvalue weighted by Gasteiger charge is 2.32. The third-order valence-corrected chi connectivity index (χ3v) is 4.26. The van der Waals surface area contributed by atoms with Gasteiger partial charge in [-0.2, -0.15) is 0 Å². The minimum absolute atomic E-state index is 0. The first kappa shape index (κ1) is 15.7. The summed E-state index contributed by atoms with van der Waals surface area (Å²) in [6.07, 6.45) is 4.12. The van der Waals surface area contributed by atoms with Gasteiger partial charge in [-0.25, -0.2) is 0 Å². The normalized spacial score (nSPS) is 30.1. The fourth-order valence-electron chi connectivity index (χ4n) is 3.18. The Morgan fingerprint density at radius 1 is 1.44 bits per heavy atom. The summed E-state index contributed by atoms with van der Waals surface area (Å²) in [7, 11) is 0. The van der Waals surface area contributed by atoms with Crippen LogP contribution in [0, 0.1) is 11.3 Å². The van der Waals surface area contributed by atoms with Crippen molar-refractivity contribution in [2.45, 2.75) is 32.6 Å². The predicted octanol–water partition coefficient (Wildman–Crippen LogP) is 0.995. The van der Waals surface area contributed by atoms with Gasteiger partial charge in [-0.3, -0.25) is 4.79 Å². The minimum Gasteiger partial charge on any atom is -0.370 e. The van der Waals surface area contributed by atoms with E-state index in [2.05, 4.69) is 17.1 Å². The Hall–Kier alpha value is -0.320. The lowest BCUT2D eigenvalue weighted by Gasteiger charge is -2.36. The van der Waals surface area contributed by atoms with Crippen LogP contribution in [0.2, 0.25) is 0 Å². The second kappa shape index (κ2) is 6.73. The Morgan fingerprint density at radius 2 is 2.11 bits per heavy atom. The molecule has 0 aromatic heterocycles. The van der Waals surface area contributed by atoms with Crippen molar-refractivity contribution in [3.05, 3.63) is 0 Å². The monoisotopic (exact) mass is 275 g/mol. The van der Waals surface area contributed by atoms with Crippen molar-refractivity contribution in [2.24, 2.45) is 17.1 Å². The average molecular weight is 276 g/mol. The van der Waals surface area contributed by atoms with Crippen LogP contribution in [0.5, 0.6) is 0 Å². The smallest absolute Gasteiger partial charge is 0.217 e. The Morgan fingerprint density at radius 3 is 2.61 bits per heavy atom. The molecule has 0 aromatic carbocycles. The minimum atomic E-state index is -0.143. The fraction of sp³-hybridized carbons (Fsp3) is 0.923. The average Bonchev–Trinajstić information content (AvgIpc) is 2.67. The summed E-state index contributed by atoms with van der Waals surface area (Å²) in [5.41, 5.74) is 5.71. The highest BCUT2D eigenvalue weighted by molar-refractivity contribution is 5.85. The number of hydrogen-bond donors (Lipinski definition) is 2. The van der Waals surface area contributed by atoms with Crippen LogP contribution in [0.3, 0.4) is 0 Å². The molecule has 4 nitrogen and oxygen atoms in total. The first-order chi connectivity index (χ1) is 8.07. The Bertz CT molecular complexity index is 271. The van der Waals surface area contributed by atoms with Gasteiger partial charge >= 0.3 is 0 Å². The summed E-state index contributed by atoms with van der Waals surface area (Å²) in [4.78, 5) is 13.4. The van der Waals surface area contributed by atoms with Crippen molar-refractivity contribution in [1.82, 2.24) is 10.2 Å². The zero-order chi connectivity index (χ0) is 12.3. The number of nitrogens with two attached hydrogens (primary N) is 1. The van der Waals surface area contributed by atoms with E-state index >= 15 is 0 Å². The van der Waals surface area contributed by atoms with Crippen LogP contribution >= 0.6 is 12.4 Å². The first-order valence-corrected chi connectivity index (χ1v) is 6.79. The molecule has 0 aliphatic carbocycles. The Labute approximate surface area is 116 Å². The molecule has 2 saturated heterocycles. The lowest BCUT2D eigenvalue weighted by Crippen LogP contribution is -2.42. The SMILES string of the molecule is CC1(CN2CCC(CC(N)=O)CC2)CCNC1.Cl. The summed E-state index contributed by atoms with van der Waals surface area (Å²) < 4.78 is 0. The van der Waals surface area contributed by atoms with Crippen molar-refractivity contribution in [1.29, 1.82) is 0 Å². The second-order valence-corrected chi connectivity index (χ2v) is 6.13. The number of nitrogens with zero attached hydrogens (tertiary/aromatic N) is 1. The topological polar surface area (TPSA) is 58.4 Å². The quantitative estimate of drug-likeness (QED) is 0.805. The van der Waals surface area contributed by atoms with Crippen LogP contribution < -0.4 is 11.1 Å². The molecule has 2 aliphatic rings. The number of amides is 1. The van der Waals surface area contributed by atoms with Crippen molar-refractivity contribution in [3.8, 4) is 0 Å². The van der Waals surface area contributed by atoms with Gasteiger partial charge in [0.15, 0.2) is 0 Å². The van der Waals surface area contributed by atoms with Crippen LogP contribution in [-0.2, 0) is 4.79 Å². The Kier molecular flexibility index (Phi) is 5.89. The highest BCUT2D eigenvalue weighted by Crippen LogP contribution is 2.28. The third kappa shape index (κ3) is 4.41. The van der Waals surface area contributed by atoms with Crippen molar-refractivity contribution in [3.63, 3.8) is 0 Å². The first-order valence-electron chi connectivity index (χ1n) is 6.79. The van der Waals surface area contributed by atoms with E-state index in [1.165, 1.54) is 13.0 Å². The van der Waals surface area contributed by atoms with E-state index in [1.807, 2.05) is 0 Å². The van der Waals surface area contributed by atoms with Gasteiger partial charge in [-0.05, 0) is 50.2 Å². The molecule has 2 aliphatic heterocycles. The lowest BCUT2D eigenvalue weighted by molar-refractivity contribution is -0.119. The van der Waals surface area contributed by atoms with Gasteiger partial charge in [-0.1, -0.05) is 6.92 Å². The van der Waals surface area contributed by atoms with Gasteiger partial charge in [-0.15, -0.1) is 12.4 Å². The molecular formula is C13H26ClN3O. The molecule has 3 N–H and O–H groups in total. The van der Waals surface area contributed by atoms with Gasteiger partial charge in [0.25, 0.3) is 0 Å². The van der Waals surface area contributed by atoms with Gasteiger partial charge < -0.3 is 16.0 Å². The van der Waals surface area contributed by atoms with E-state index in [0.29, 0.717) is 17.8 Å². The zero-order valence-corrected chi connectivity index (χ0v) is 12.1. The molecule has 0 bridgehead atoms. The molecule has 106 valence electrons. The number of rotatable bonds is 4. The van der Waals surface area contributed by atoms with E-state index in [0.717, 1.165) is 39.0 Å². The number of halogens is 1. The molecule has 5 heteroatoms.